The first-order valence-electron chi connectivity index (χ1n) is 8.48. The summed E-state index contributed by atoms with van der Waals surface area (Å²) >= 11 is 0. The van der Waals surface area contributed by atoms with E-state index in [4.69, 9.17) is 0 Å². The number of carbonyl (C=O) groups is 2. The standard InChI is InChI=1S/C16H22F2N4O4S/c1-11(2)19-16(24)20-15(23)10-21-5-7-22(8-6-21)27(25,26)14-9-12(17)3-4-13(14)18/h3-4,9,11H,5-8,10H2,1-2H3,(H2,19,20,23,24)/p+1. The molecule has 27 heavy (non-hydrogen) atoms. The lowest BCUT2D eigenvalue weighted by Gasteiger charge is -2.31. The molecule has 0 saturated carbocycles. The van der Waals surface area contributed by atoms with Gasteiger partial charge in [-0.25, -0.2) is 22.0 Å². The quantitative estimate of drug-likeness (QED) is 0.591. The number of nitrogens with one attached hydrogen (secondary N) is 3. The second-order valence-corrected chi connectivity index (χ2v) is 8.49. The van der Waals surface area contributed by atoms with Gasteiger partial charge in [0.15, 0.2) is 6.54 Å². The molecule has 150 valence electrons. The first-order valence-corrected chi connectivity index (χ1v) is 9.92. The summed E-state index contributed by atoms with van der Waals surface area (Å²) in [7, 11) is -4.16. The predicted molar refractivity (Wildman–Crippen MR) is 92.5 cm³/mol. The van der Waals surface area contributed by atoms with Gasteiger partial charge in [-0.2, -0.15) is 4.31 Å². The number of rotatable bonds is 5. The highest BCUT2D eigenvalue weighted by Gasteiger charge is 2.33. The molecule has 11 heteroatoms. The van der Waals surface area contributed by atoms with Crippen molar-refractivity contribution in [3.05, 3.63) is 29.8 Å². The second-order valence-electron chi connectivity index (χ2n) is 6.58. The Morgan fingerprint density at radius 3 is 2.44 bits per heavy atom. The lowest BCUT2D eigenvalue weighted by molar-refractivity contribution is -0.895. The van der Waals surface area contributed by atoms with Crippen molar-refractivity contribution in [3.63, 3.8) is 0 Å². The van der Waals surface area contributed by atoms with Crippen LogP contribution in [0, 0.1) is 11.6 Å². The topological polar surface area (TPSA) is 100 Å². The molecule has 1 aliphatic heterocycles. The molecule has 3 amide bonds. The van der Waals surface area contributed by atoms with Crippen LogP contribution in [0.3, 0.4) is 0 Å². The normalized spacial score (nSPS) is 16.3. The second kappa shape index (κ2) is 8.72. The van der Waals surface area contributed by atoms with E-state index in [1.165, 1.54) is 0 Å². The number of hydrogen-bond donors (Lipinski definition) is 3. The van der Waals surface area contributed by atoms with Crippen LogP contribution in [0.15, 0.2) is 23.1 Å². The van der Waals surface area contributed by atoms with Crippen LogP contribution in [0.4, 0.5) is 13.6 Å². The van der Waals surface area contributed by atoms with Crippen molar-refractivity contribution in [3.8, 4) is 0 Å². The van der Waals surface area contributed by atoms with Gasteiger partial charge in [-0.1, -0.05) is 0 Å². The number of nitrogens with zero attached hydrogens (tertiary/aromatic N) is 1. The van der Waals surface area contributed by atoms with Crippen LogP contribution >= 0.6 is 0 Å². The van der Waals surface area contributed by atoms with E-state index in [1.807, 2.05) is 0 Å². The van der Waals surface area contributed by atoms with Crippen LogP contribution in [0.1, 0.15) is 13.8 Å². The molecule has 1 fully saturated rings. The Kier molecular flexibility index (Phi) is 6.84. The molecule has 0 unspecified atom stereocenters. The summed E-state index contributed by atoms with van der Waals surface area (Å²) in [5.41, 5.74) is 0. The first kappa shape index (κ1) is 21.2. The van der Waals surface area contributed by atoms with Crippen LogP contribution in [-0.4, -0.2) is 63.4 Å². The van der Waals surface area contributed by atoms with E-state index in [1.54, 1.807) is 13.8 Å². The summed E-state index contributed by atoms with van der Waals surface area (Å²) in [6.45, 7) is 4.24. The van der Waals surface area contributed by atoms with Crippen LogP contribution in [0.2, 0.25) is 0 Å². The zero-order chi connectivity index (χ0) is 20.2. The highest BCUT2D eigenvalue weighted by atomic mass is 32.2. The average molecular weight is 405 g/mol. The molecule has 0 aliphatic carbocycles. The molecule has 0 aromatic heterocycles. The van der Waals surface area contributed by atoms with Crippen molar-refractivity contribution >= 4 is 22.0 Å². The fourth-order valence-corrected chi connectivity index (χ4v) is 4.25. The summed E-state index contributed by atoms with van der Waals surface area (Å²) < 4.78 is 53.2. The molecule has 1 aromatic rings. The third-order valence-electron chi connectivity index (χ3n) is 4.02. The molecule has 0 bridgehead atoms. The van der Waals surface area contributed by atoms with E-state index in [2.05, 4.69) is 10.6 Å². The van der Waals surface area contributed by atoms with Crippen molar-refractivity contribution in [2.24, 2.45) is 0 Å². The molecule has 1 aromatic carbocycles. The summed E-state index contributed by atoms with van der Waals surface area (Å²) in [5, 5.41) is 4.74. The van der Waals surface area contributed by atoms with Crippen LogP contribution < -0.4 is 15.5 Å². The molecule has 3 N–H and O–H groups in total. The monoisotopic (exact) mass is 405 g/mol. The minimum atomic E-state index is -4.16. The lowest BCUT2D eigenvalue weighted by atomic mass is 10.3. The molecular formula is C16H23F2N4O4S+. The van der Waals surface area contributed by atoms with Gasteiger partial charge in [0, 0.05) is 6.04 Å². The third kappa shape index (κ3) is 5.68. The number of halogens is 2. The van der Waals surface area contributed by atoms with Crippen LogP contribution in [0.25, 0.3) is 0 Å². The fourth-order valence-electron chi connectivity index (χ4n) is 2.73. The SMILES string of the molecule is CC(C)NC(=O)NC(=O)C[NH+]1CCN(S(=O)(=O)c2cc(F)ccc2F)CC1. The number of piperazine rings is 1. The van der Waals surface area contributed by atoms with Crippen LogP contribution in [-0.2, 0) is 14.8 Å². The largest absolute Gasteiger partial charge is 0.336 e. The predicted octanol–water partition coefficient (Wildman–Crippen LogP) is -0.912. The molecular weight excluding hydrogens is 382 g/mol. The van der Waals surface area contributed by atoms with Gasteiger partial charge in [-0.15, -0.1) is 0 Å². The Morgan fingerprint density at radius 2 is 1.85 bits per heavy atom. The lowest BCUT2D eigenvalue weighted by Crippen LogP contribution is -3.15. The first-order chi connectivity index (χ1) is 12.6. The van der Waals surface area contributed by atoms with Crippen molar-refractivity contribution in [2.75, 3.05) is 32.7 Å². The number of imide groups is 1. The molecule has 1 heterocycles. The van der Waals surface area contributed by atoms with Crippen molar-refractivity contribution in [1.82, 2.24) is 14.9 Å². The van der Waals surface area contributed by atoms with Gasteiger partial charge in [0.2, 0.25) is 10.0 Å². The van der Waals surface area contributed by atoms with E-state index in [-0.39, 0.29) is 25.7 Å². The number of quaternary nitrogens is 1. The van der Waals surface area contributed by atoms with Gasteiger partial charge < -0.3 is 10.2 Å². The number of hydrogen-bond acceptors (Lipinski definition) is 4. The molecule has 1 saturated heterocycles. The van der Waals surface area contributed by atoms with Gasteiger partial charge in [-0.3, -0.25) is 10.1 Å². The number of amides is 3. The molecule has 0 radical (unpaired) electrons. The molecule has 2 rings (SSSR count). The highest BCUT2D eigenvalue weighted by molar-refractivity contribution is 7.89. The maximum Gasteiger partial charge on any atom is 0.321 e. The number of benzene rings is 1. The van der Waals surface area contributed by atoms with E-state index >= 15 is 0 Å². The summed E-state index contributed by atoms with van der Waals surface area (Å²) in [6, 6.07) is 1.59. The number of carbonyl (C=O) groups excluding carboxylic acids is 2. The highest BCUT2D eigenvalue weighted by Crippen LogP contribution is 2.20. The molecule has 1 aliphatic rings. The van der Waals surface area contributed by atoms with E-state index < -0.39 is 38.5 Å². The minimum Gasteiger partial charge on any atom is -0.336 e. The maximum absolute atomic E-state index is 13.8. The summed E-state index contributed by atoms with van der Waals surface area (Å²) in [6.07, 6.45) is 0. The zero-order valence-corrected chi connectivity index (χ0v) is 15.9. The zero-order valence-electron chi connectivity index (χ0n) is 15.1. The Morgan fingerprint density at radius 1 is 1.22 bits per heavy atom. The molecule has 0 atom stereocenters. The van der Waals surface area contributed by atoms with Crippen molar-refractivity contribution < 1.29 is 31.7 Å². The minimum absolute atomic E-state index is 0.00767. The molecule has 8 nitrogen and oxygen atoms in total. The van der Waals surface area contributed by atoms with Gasteiger partial charge in [0.25, 0.3) is 5.91 Å². The van der Waals surface area contributed by atoms with Gasteiger partial charge >= 0.3 is 6.03 Å². The Labute approximate surface area is 156 Å². The van der Waals surface area contributed by atoms with Crippen molar-refractivity contribution in [1.29, 1.82) is 0 Å². The molecule has 0 spiro atoms. The van der Waals surface area contributed by atoms with E-state index in [0.29, 0.717) is 19.2 Å². The fraction of sp³-hybridized carbons (Fsp3) is 0.500. The maximum atomic E-state index is 13.8. The summed E-state index contributed by atoms with van der Waals surface area (Å²) in [5.74, 6) is -2.33. The summed E-state index contributed by atoms with van der Waals surface area (Å²) in [4.78, 5) is 23.5. The van der Waals surface area contributed by atoms with Gasteiger partial charge in [-0.05, 0) is 32.0 Å². The third-order valence-corrected chi connectivity index (χ3v) is 5.94. The Balaban J connectivity index is 1.92. The Hall–Kier alpha value is -2.11. The number of sulfonamides is 1. The van der Waals surface area contributed by atoms with E-state index in [0.717, 1.165) is 21.3 Å². The number of urea groups is 1. The average Bonchev–Trinajstić information content (AvgIpc) is 2.56. The van der Waals surface area contributed by atoms with Crippen LogP contribution in [0.5, 0.6) is 0 Å². The smallest absolute Gasteiger partial charge is 0.321 e. The van der Waals surface area contributed by atoms with Gasteiger partial charge in [0.1, 0.15) is 16.5 Å². The van der Waals surface area contributed by atoms with Gasteiger partial charge in [0.05, 0.1) is 26.2 Å². The van der Waals surface area contributed by atoms with Crippen molar-refractivity contribution in [2.45, 2.75) is 24.8 Å². The van der Waals surface area contributed by atoms with E-state index in [9.17, 15) is 26.8 Å². The Bertz CT molecular complexity index is 809.